The minimum Gasteiger partial charge on any atom is -0.188 e. The third kappa shape index (κ3) is 1.04. The van der Waals surface area contributed by atoms with Crippen molar-refractivity contribution in [3.8, 4) is 0 Å². The molecule has 12 heavy (non-hydrogen) atoms. The maximum absolute atomic E-state index is 5.30. The van der Waals surface area contributed by atoms with Crippen LogP contribution in [-0.2, 0) is 7.05 Å². The Kier molecular flexibility index (Phi) is 1.85. The highest BCUT2D eigenvalue weighted by Gasteiger charge is 2.24. The third-order valence-corrected chi connectivity index (χ3v) is 3.61. The van der Waals surface area contributed by atoms with Gasteiger partial charge in [-0.3, -0.25) is 0 Å². The summed E-state index contributed by atoms with van der Waals surface area (Å²) in [6.07, 6.45) is 5.23. The van der Waals surface area contributed by atoms with Gasteiger partial charge in [0.1, 0.15) is 11.9 Å². The normalized spacial score (nSPS) is 15.0. The van der Waals surface area contributed by atoms with Crippen LogP contribution in [0.4, 0.5) is 0 Å². The molecule has 1 aromatic heterocycles. The van der Waals surface area contributed by atoms with Crippen molar-refractivity contribution in [2.24, 2.45) is 7.05 Å². The lowest BCUT2D eigenvalue weighted by atomic mass is 10.1. The van der Waals surface area contributed by atoms with Crippen LogP contribution in [0.1, 0.15) is 22.0 Å². The summed E-state index contributed by atoms with van der Waals surface area (Å²) in [5, 5.41) is 1.31. The summed E-state index contributed by atoms with van der Waals surface area (Å²) in [6.45, 7) is 2.12. The lowest BCUT2D eigenvalue weighted by Crippen LogP contribution is -2.36. The Morgan fingerprint density at radius 3 is 3.00 bits per heavy atom. The number of thiocarbonyl (C=S) groups is 1. The van der Waals surface area contributed by atoms with Crippen molar-refractivity contribution >= 4 is 34.5 Å². The number of thiazole rings is 1. The number of rotatable bonds is 0. The predicted octanol–water partition coefficient (Wildman–Crippen LogP) is 2.02. The molecule has 0 fully saturated rings. The molecule has 1 aliphatic rings. The zero-order valence-corrected chi connectivity index (χ0v) is 8.76. The quantitative estimate of drug-likeness (QED) is 0.453. The van der Waals surface area contributed by atoms with E-state index in [1.165, 1.54) is 15.6 Å². The molecule has 0 amide bonds. The van der Waals surface area contributed by atoms with E-state index in [4.69, 9.17) is 12.2 Å². The summed E-state index contributed by atoms with van der Waals surface area (Å²) in [5.41, 5.74) is 1.25. The van der Waals surface area contributed by atoms with Crippen molar-refractivity contribution in [3.63, 3.8) is 0 Å². The van der Waals surface area contributed by atoms with Crippen LogP contribution >= 0.6 is 23.6 Å². The van der Waals surface area contributed by atoms with E-state index >= 15 is 0 Å². The maximum Gasteiger partial charge on any atom is 0.237 e. The van der Waals surface area contributed by atoms with E-state index in [0.717, 1.165) is 11.3 Å². The lowest BCUT2D eigenvalue weighted by molar-refractivity contribution is -0.673. The van der Waals surface area contributed by atoms with Crippen molar-refractivity contribution in [1.82, 2.24) is 0 Å². The molecular weight excluding hydrogens is 186 g/mol. The number of hydrogen-bond donors (Lipinski definition) is 0. The van der Waals surface area contributed by atoms with Gasteiger partial charge in [0.05, 0.1) is 4.86 Å². The smallest absolute Gasteiger partial charge is 0.188 e. The Balaban J connectivity index is 2.70. The Labute approximate surface area is 81.4 Å². The van der Waals surface area contributed by atoms with Gasteiger partial charge in [-0.05, 0) is 6.08 Å². The zero-order valence-electron chi connectivity index (χ0n) is 7.13. The monoisotopic (exact) mass is 196 g/mol. The SMILES string of the molecule is Cc1sc2c([n+]1C)C(=S)CC=C2. The number of hydrogen-bond acceptors (Lipinski definition) is 2. The molecule has 0 aromatic carbocycles. The van der Waals surface area contributed by atoms with Crippen LogP contribution in [0.3, 0.4) is 0 Å². The average Bonchev–Trinajstić information content (AvgIpc) is 2.29. The van der Waals surface area contributed by atoms with Gasteiger partial charge in [-0.25, -0.2) is 0 Å². The van der Waals surface area contributed by atoms with Crippen LogP contribution in [0.25, 0.3) is 6.08 Å². The van der Waals surface area contributed by atoms with Crippen LogP contribution in [0.15, 0.2) is 6.08 Å². The molecule has 2 rings (SSSR count). The topological polar surface area (TPSA) is 3.88 Å². The van der Waals surface area contributed by atoms with Gasteiger partial charge in [0.15, 0.2) is 0 Å². The Hall–Kier alpha value is -0.540. The second kappa shape index (κ2) is 2.75. The van der Waals surface area contributed by atoms with Crippen LogP contribution in [0.5, 0.6) is 0 Å². The number of nitrogens with zero attached hydrogens (tertiary/aromatic N) is 1. The highest BCUT2D eigenvalue weighted by atomic mass is 32.1. The number of aryl methyl sites for hydroxylation is 1. The molecule has 0 atom stereocenters. The largest absolute Gasteiger partial charge is 0.237 e. The van der Waals surface area contributed by atoms with Gasteiger partial charge >= 0.3 is 0 Å². The Bertz CT molecular complexity index is 374. The second-order valence-electron chi connectivity index (χ2n) is 2.92. The molecular formula is C9H10NS2+. The standard InChI is InChI=1S/C9H10NS2/c1-6-10(2)9-7(11)4-3-5-8(9)12-6/h3,5H,4H2,1-2H3/q+1. The van der Waals surface area contributed by atoms with Gasteiger partial charge in [0.25, 0.3) is 0 Å². The highest BCUT2D eigenvalue weighted by molar-refractivity contribution is 7.80. The van der Waals surface area contributed by atoms with Crippen molar-refractivity contribution in [2.45, 2.75) is 13.3 Å². The molecule has 0 unspecified atom stereocenters. The summed E-state index contributed by atoms with van der Waals surface area (Å²) in [7, 11) is 2.08. The maximum atomic E-state index is 5.30. The first-order valence-electron chi connectivity index (χ1n) is 3.89. The van der Waals surface area contributed by atoms with Crippen molar-refractivity contribution in [3.05, 3.63) is 21.7 Å². The second-order valence-corrected chi connectivity index (χ2v) is 4.65. The van der Waals surface area contributed by atoms with Gasteiger partial charge < -0.3 is 0 Å². The lowest BCUT2D eigenvalue weighted by Gasteiger charge is -2.00. The molecule has 3 heteroatoms. The summed E-state index contributed by atoms with van der Waals surface area (Å²) >= 11 is 7.11. The van der Waals surface area contributed by atoms with Gasteiger partial charge in [-0.1, -0.05) is 29.6 Å². The van der Waals surface area contributed by atoms with E-state index < -0.39 is 0 Å². The first-order chi connectivity index (χ1) is 5.70. The number of allylic oxidation sites excluding steroid dienone is 1. The summed E-state index contributed by atoms with van der Waals surface area (Å²) in [4.78, 5) is 2.38. The summed E-state index contributed by atoms with van der Waals surface area (Å²) < 4.78 is 2.19. The van der Waals surface area contributed by atoms with Gasteiger partial charge in [0, 0.05) is 13.3 Å². The first kappa shape index (κ1) is 8.08. The third-order valence-electron chi connectivity index (χ3n) is 2.14. The molecule has 0 saturated carbocycles. The molecule has 1 aromatic rings. The van der Waals surface area contributed by atoms with Gasteiger partial charge in [0.2, 0.25) is 10.7 Å². The van der Waals surface area contributed by atoms with E-state index in [-0.39, 0.29) is 0 Å². The molecule has 0 N–H and O–H groups in total. The average molecular weight is 196 g/mol. The molecule has 0 aliphatic heterocycles. The van der Waals surface area contributed by atoms with Crippen LogP contribution in [0.2, 0.25) is 0 Å². The van der Waals surface area contributed by atoms with E-state index in [1.807, 2.05) is 11.3 Å². The van der Waals surface area contributed by atoms with Crippen LogP contribution in [0, 0.1) is 6.92 Å². The fraction of sp³-hybridized carbons (Fsp3) is 0.333. The van der Waals surface area contributed by atoms with E-state index in [2.05, 4.69) is 30.7 Å². The summed E-state index contributed by atoms with van der Waals surface area (Å²) in [6, 6.07) is 0. The molecule has 0 radical (unpaired) electrons. The minimum atomic E-state index is 0.923. The minimum absolute atomic E-state index is 0.923. The molecule has 62 valence electrons. The van der Waals surface area contributed by atoms with Crippen LogP contribution in [-0.4, -0.2) is 4.86 Å². The van der Waals surface area contributed by atoms with Gasteiger partial charge in [-0.15, -0.1) is 0 Å². The molecule has 1 aliphatic carbocycles. The molecule has 0 spiro atoms. The highest BCUT2D eigenvalue weighted by Crippen LogP contribution is 2.23. The Morgan fingerprint density at radius 1 is 1.58 bits per heavy atom. The van der Waals surface area contributed by atoms with Gasteiger partial charge in [-0.2, -0.15) is 4.57 Å². The molecule has 0 saturated heterocycles. The first-order valence-corrected chi connectivity index (χ1v) is 5.12. The molecule has 1 heterocycles. The Morgan fingerprint density at radius 2 is 2.33 bits per heavy atom. The number of fused-ring (bicyclic) bond motifs is 1. The zero-order chi connectivity index (χ0) is 8.72. The molecule has 0 bridgehead atoms. The van der Waals surface area contributed by atoms with E-state index in [1.54, 1.807) is 0 Å². The fourth-order valence-corrected chi connectivity index (χ4v) is 2.88. The van der Waals surface area contributed by atoms with Crippen molar-refractivity contribution < 1.29 is 4.57 Å². The van der Waals surface area contributed by atoms with Crippen LogP contribution < -0.4 is 4.57 Å². The fourth-order valence-electron chi connectivity index (χ4n) is 1.41. The summed E-state index contributed by atoms with van der Waals surface area (Å²) in [5.74, 6) is 0. The molecule has 1 nitrogen and oxygen atoms in total. The van der Waals surface area contributed by atoms with E-state index in [9.17, 15) is 0 Å². The van der Waals surface area contributed by atoms with Crippen molar-refractivity contribution in [2.75, 3.05) is 0 Å². The van der Waals surface area contributed by atoms with E-state index in [0.29, 0.717) is 0 Å². The predicted molar refractivity (Wildman–Crippen MR) is 55.6 cm³/mol. The number of aromatic nitrogens is 1. The van der Waals surface area contributed by atoms with Crippen molar-refractivity contribution in [1.29, 1.82) is 0 Å².